The van der Waals surface area contributed by atoms with E-state index in [1.807, 2.05) is 41.5 Å². The second-order valence-electron chi connectivity index (χ2n) is 8.95. The first-order valence-corrected chi connectivity index (χ1v) is 9.84. The summed E-state index contributed by atoms with van der Waals surface area (Å²) in [5, 5.41) is 32.5. The highest BCUT2D eigenvalue weighted by molar-refractivity contribution is 6.23. The number of carbonyl (C=O) groups is 2. The lowest BCUT2D eigenvalue weighted by molar-refractivity contribution is -0.137. The molecule has 0 unspecified atom stereocenters. The minimum absolute atomic E-state index is 0.0317. The fraction of sp³-hybridized carbons (Fsp3) is 0.810. The molecule has 0 radical (unpaired) electrons. The predicted molar refractivity (Wildman–Crippen MR) is 102 cm³/mol. The first kappa shape index (κ1) is 22.8. The van der Waals surface area contributed by atoms with Crippen LogP contribution in [0.4, 0.5) is 0 Å². The molecule has 0 aromatic carbocycles. The summed E-state index contributed by atoms with van der Waals surface area (Å²) in [5.74, 6) is -1.94. The molecule has 0 saturated heterocycles. The summed E-state index contributed by atoms with van der Waals surface area (Å²) in [6, 6.07) is 0. The molecule has 0 amide bonds. The van der Waals surface area contributed by atoms with Gasteiger partial charge in [-0.25, -0.2) is 0 Å². The molecule has 3 atom stereocenters. The molecule has 1 aliphatic rings. The van der Waals surface area contributed by atoms with Crippen molar-refractivity contribution in [2.45, 2.75) is 85.4 Å². The Morgan fingerprint density at radius 3 is 2.00 bits per heavy atom. The van der Waals surface area contributed by atoms with Crippen LogP contribution in [0.25, 0.3) is 0 Å². The lowest BCUT2D eigenvalue weighted by Crippen LogP contribution is -2.49. The third-order valence-electron chi connectivity index (χ3n) is 5.14. The Labute approximate surface area is 157 Å². The quantitative estimate of drug-likeness (QED) is 0.512. The summed E-state index contributed by atoms with van der Waals surface area (Å²) in [5.41, 5.74) is -2.37. The molecule has 0 saturated carbocycles. The number of ketones is 2. The van der Waals surface area contributed by atoms with E-state index in [1.165, 1.54) is 0 Å². The lowest BCUT2D eigenvalue weighted by atomic mass is 9.78. The van der Waals surface area contributed by atoms with Crippen LogP contribution in [0.3, 0.4) is 0 Å². The number of hydrogen-bond donors (Lipinski definition) is 3. The molecular weight excluding hydrogens is 332 g/mol. The summed E-state index contributed by atoms with van der Waals surface area (Å²) in [4.78, 5) is 25.4. The average Bonchev–Trinajstić information content (AvgIpc) is 2.69. The standard InChI is InChI=1S/C21H36O5/c1-12(2)7-9-15-19(24)18(16(22)11-14(5)6)20(25)21(15,26)17(23)10-8-13(3)4/h12-15,17,23,25-26H,7-11H2,1-6H3/t15-,17+,21+/m0/s1. The maximum absolute atomic E-state index is 12.9. The van der Waals surface area contributed by atoms with Gasteiger partial charge in [0.1, 0.15) is 11.3 Å². The Morgan fingerprint density at radius 1 is 1.00 bits per heavy atom. The van der Waals surface area contributed by atoms with Gasteiger partial charge in [-0.3, -0.25) is 9.59 Å². The van der Waals surface area contributed by atoms with Crippen LogP contribution in [-0.2, 0) is 9.59 Å². The highest BCUT2D eigenvalue weighted by Gasteiger charge is 2.58. The van der Waals surface area contributed by atoms with Gasteiger partial charge in [-0.2, -0.15) is 0 Å². The van der Waals surface area contributed by atoms with E-state index in [1.54, 1.807) is 0 Å². The Bertz CT molecular complexity index is 547. The molecule has 5 heteroatoms. The number of rotatable bonds is 10. The van der Waals surface area contributed by atoms with E-state index in [4.69, 9.17) is 0 Å². The smallest absolute Gasteiger partial charge is 0.176 e. The summed E-state index contributed by atoms with van der Waals surface area (Å²) >= 11 is 0. The van der Waals surface area contributed by atoms with Crippen LogP contribution in [0.2, 0.25) is 0 Å². The van der Waals surface area contributed by atoms with Crippen LogP contribution in [0.15, 0.2) is 11.3 Å². The molecule has 26 heavy (non-hydrogen) atoms. The second-order valence-corrected chi connectivity index (χ2v) is 8.95. The van der Waals surface area contributed by atoms with Crippen molar-refractivity contribution in [1.82, 2.24) is 0 Å². The topological polar surface area (TPSA) is 94.8 Å². The van der Waals surface area contributed by atoms with Crippen LogP contribution in [0, 0.1) is 23.7 Å². The summed E-state index contributed by atoms with van der Waals surface area (Å²) in [7, 11) is 0. The van der Waals surface area contributed by atoms with Crippen LogP contribution in [0.1, 0.15) is 73.6 Å². The van der Waals surface area contributed by atoms with E-state index < -0.39 is 34.9 Å². The number of Topliss-reactive ketones (excluding diaryl/α,β-unsaturated/α-hetero) is 2. The summed E-state index contributed by atoms with van der Waals surface area (Å²) in [6.45, 7) is 11.7. The maximum atomic E-state index is 12.9. The third-order valence-corrected chi connectivity index (χ3v) is 5.14. The first-order chi connectivity index (χ1) is 11.9. The van der Waals surface area contributed by atoms with Crippen molar-refractivity contribution in [2.75, 3.05) is 0 Å². The van der Waals surface area contributed by atoms with E-state index >= 15 is 0 Å². The molecule has 0 aromatic heterocycles. The van der Waals surface area contributed by atoms with Crippen LogP contribution in [-0.4, -0.2) is 38.6 Å². The largest absolute Gasteiger partial charge is 0.508 e. The molecule has 0 fully saturated rings. The van der Waals surface area contributed by atoms with Crippen molar-refractivity contribution < 1.29 is 24.9 Å². The minimum Gasteiger partial charge on any atom is -0.508 e. The van der Waals surface area contributed by atoms with Gasteiger partial charge < -0.3 is 15.3 Å². The Morgan fingerprint density at radius 2 is 1.54 bits per heavy atom. The molecule has 3 N–H and O–H groups in total. The molecular formula is C21H36O5. The molecule has 0 bridgehead atoms. The SMILES string of the molecule is CC(C)CC[C@@H](O)[C@@]1(O)C(O)=C(C(=O)CC(C)C)C(=O)[C@@H]1CCC(C)C. The van der Waals surface area contributed by atoms with Crippen molar-refractivity contribution in [2.24, 2.45) is 23.7 Å². The van der Waals surface area contributed by atoms with Gasteiger partial charge in [0.2, 0.25) is 0 Å². The number of hydrogen-bond acceptors (Lipinski definition) is 5. The molecule has 150 valence electrons. The predicted octanol–water partition coefficient (Wildman–Crippen LogP) is 3.58. The first-order valence-electron chi connectivity index (χ1n) is 9.84. The van der Waals surface area contributed by atoms with Crippen LogP contribution < -0.4 is 0 Å². The van der Waals surface area contributed by atoms with Crippen LogP contribution in [0.5, 0.6) is 0 Å². The average molecular weight is 369 g/mol. The van der Waals surface area contributed by atoms with E-state index in [0.717, 1.165) is 0 Å². The normalized spacial score (nSPS) is 25.0. The van der Waals surface area contributed by atoms with Gasteiger partial charge in [0.15, 0.2) is 17.2 Å². The molecule has 1 aliphatic carbocycles. The fourth-order valence-electron chi connectivity index (χ4n) is 3.55. The Kier molecular flexibility index (Phi) is 8.03. The molecule has 0 heterocycles. The van der Waals surface area contributed by atoms with Crippen molar-refractivity contribution in [3.63, 3.8) is 0 Å². The third kappa shape index (κ3) is 4.95. The van der Waals surface area contributed by atoms with Gasteiger partial charge in [0.25, 0.3) is 0 Å². The molecule has 5 nitrogen and oxygen atoms in total. The summed E-state index contributed by atoms with van der Waals surface area (Å²) in [6.07, 6.45) is 0.741. The van der Waals surface area contributed by atoms with Crippen molar-refractivity contribution in [3.05, 3.63) is 11.3 Å². The molecule has 0 spiro atoms. The second kappa shape index (κ2) is 9.14. The van der Waals surface area contributed by atoms with Crippen LogP contribution >= 0.6 is 0 Å². The van der Waals surface area contributed by atoms with E-state index in [-0.39, 0.29) is 24.3 Å². The van der Waals surface area contributed by atoms with Gasteiger partial charge in [-0.1, -0.05) is 48.0 Å². The molecule has 0 aromatic rings. The van der Waals surface area contributed by atoms with Gasteiger partial charge in [-0.15, -0.1) is 0 Å². The van der Waals surface area contributed by atoms with Crippen molar-refractivity contribution in [3.8, 4) is 0 Å². The summed E-state index contributed by atoms with van der Waals surface area (Å²) < 4.78 is 0. The zero-order chi connectivity index (χ0) is 20.2. The van der Waals surface area contributed by atoms with Gasteiger partial charge in [-0.05, 0) is 37.0 Å². The lowest BCUT2D eigenvalue weighted by Gasteiger charge is -2.34. The van der Waals surface area contributed by atoms with Gasteiger partial charge in [0, 0.05) is 6.42 Å². The maximum Gasteiger partial charge on any atom is 0.176 e. The minimum atomic E-state index is -2.07. The van der Waals surface area contributed by atoms with Crippen molar-refractivity contribution >= 4 is 11.6 Å². The van der Waals surface area contributed by atoms with Crippen molar-refractivity contribution in [1.29, 1.82) is 0 Å². The molecule has 0 aliphatic heterocycles. The zero-order valence-electron chi connectivity index (χ0n) is 17.1. The molecule has 1 rings (SSSR count). The van der Waals surface area contributed by atoms with E-state index in [2.05, 4.69) is 0 Å². The number of aliphatic hydroxyl groups is 3. The zero-order valence-corrected chi connectivity index (χ0v) is 17.1. The van der Waals surface area contributed by atoms with E-state index in [9.17, 15) is 24.9 Å². The number of aliphatic hydroxyl groups excluding tert-OH is 2. The Balaban J connectivity index is 3.24. The van der Waals surface area contributed by atoms with Gasteiger partial charge in [0.05, 0.1) is 12.0 Å². The van der Waals surface area contributed by atoms with E-state index in [0.29, 0.717) is 31.1 Å². The monoisotopic (exact) mass is 368 g/mol. The highest BCUT2D eigenvalue weighted by atomic mass is 16.4. The number of allylic oxidation sites excluding steroid dienone is 1. The highest BCUT2D eigenvalue weighted by Crippen LogP contribution is 2.44. The van der Waals surface area contributed by atoms with Gasteiger partial charge >= 0.3 is 0 Å². The fourth-order valence-corrected chi connectivity index (χ4v) is 3.55. The Hall–Kier alpha value is -1.20. The number of carbonyl (C=O) groups excluding carboxylic acids is 2.